The molecule has 0 bridgehead atoms. The van der Waals surface area contributed by atoms with E-state index in [4.69, 9.17) is 0 Å². The molecule has 0 amide bonds. The number of benzene rings is 1. The summed E-state index contributed by atoms with van der Waals surface area (Å²) in [5.41, 5.74) is -0.130. The summed E-state index contributed by atoms with van der Waals surface area (Å²) in [6.45, 7) is 0. The van der Waals surface area contributed by atoms with E-state index in [1.54, 1.807) is 0 Å². The lowest BCUT2D eigenvalue weighted by molar-refractivity contribution is -0.384. The number of nitrogens with zero attached hydrogens (tertiary/aromatic N) is 2. The topological polar surface area (TPSA) is 89.8 Å². The summed E-state index contributed by atoms with van der Waals surface area (Å²) in [4.78, 5) is 9.76. The standard InChI is InChI=1S/C8H10N2O5S/c1-9(2)16(13,14)15-8-5-3-7(4-6-8)10(11)12/h3-6H,1-2H3. The van der Waals surface area contributed by atoms with Crippen LogP contribution in [0.2, 0.25) is 0 Å². The molecule has 0 aliphatic heterocycles. The van der Waals surface area contributed by atoms with Gasteiger partial charge >= 0.3 is 10.3 Å². The Balaban J connectivity index is 2.89. The third kappa shape index (κ3) is 2.91. The van der Waals surface area contributed by atoms with Crippen LogP contribution in [0.4, 0.5) is 5.69 Å². The number of rotatable bonds is 4. The third-order valence-corrected chi connectivity index (χ3v) is 2.99. The van der Waals surface area contributed by atoms with Crippen molar-refractivity contribution in [1.82, 2.24) is 4.31 Å². The van der Waals surface area contributed by atoms with Crippen LogP contribution in [0.25, 0.3) is 0 Å². The van der Waals surface area contributed by atoms with Crippen LogP contribution in [0.15, 0.2) is 24.3 Å². The fourth-order valence-corrected chi connectivity index (χ4v) is 1.32. The second kappa shape index (κ2) is 4.45. The maximum absolute atomic E-state index is 11.3. The summed E-state index contributed by atoms with van der Waals surface area (Å²) >= 11 is 0. The quantitative estimate of drug-likeness (QED) is 0.578. The van der Waals surface area contributed by atoms with Crippen molar-refractivity contribution in [2.24, 2.45) is 0 Å². The van der Waals surface area contributed by atoms with Crippen molar-refractivity contribution in [2.45, 2.75) is 0 Å². The van der Waals surface area contributed by atoms with Gasteiger partial charge in [-0.2, -0.15) is 12.7 Å². The molecule has 1 rings (SSSR count). The number of nitro groups is 1. The van der Waals surface area contributed by atoms with E-state index in [2.05, 4.69) is 4.18 Å². The maximum Gasteiger partial charge on any atom is 0.384 e. The average molecular weight is 246 g/mol. The van der Waals surface area contributed by atoms with E-state index < -0.39 is 15.2 Å². The normalized spacial score (nSPS) is 11.4. The first kappa shape index (κ1) is 12.4. The highest BCUT2D eigenvalue weighted by Gasteiger charge is 2.16. The monoisotopic (exact) mass is 246 g/mol. The molecule has 0 fully saturated rings. The molecule has 8 heteroatoms. The van der Waals surface area contributed by atoms with E-state index >= 15 is 0 Å². The number of nitro benzene ring substituents is 1. The van der Waals surface area contributed by atoms with Crippen molar-refractivity contribution in [3.63, 3.8) is 0 Å². The lowest BCUT2D eigenvalue weighted by Crippen LogP contribution is -2.26. The van der Waals surface area contributed by atoms with E-state index in [-0.39, 0.29) is 11.4 Å². The zero-order chi connectivity index (χ0) is 12.3. The van der Waals surface area contributed by atoms with E-state index in [0.29, 0.717) is 0 Å². The van der Waals surface area contributed by atoms with Gasteiger partial charge in [-0.25, -0.2) is 0 Å². The van der Waals surface area contributed by atoms with Gasteiger partial charge in [0.25, 0.3) is 5.69 Å². The molecule has 7 nitrogen and oxygen atoms in total. The van der Waals surface area contributed by atoms with E-state index in [1.807, 2.05) is 0 Å². The van der Waals surface area contributed by atoms with Gasteiger partial charge in [0.05, 0.1) is 4.92 Å². The fraction of sp³-hybridized carbons (Fsp3) is 0.250. The molecule has 0 N–H and O–H groups in total. The molecule has 16 heavy (non-hydrogen) atoms. The lowest BCUT2D eigenvalue weighted by Gasteiger charge is -2.11. The van der Waals surface area contributed by atoms with Gasteiger partial charge in [-0.15, -0.1) is 0 Å². The Hall–Kier alpha value is -1.67. The first-order valence-electron chi connectivity index (χ1n) is 4.19. The Morgan fingerprint density at radius 2 is 1.75 bits per heavy atom. The minimum atomic E-state index is -3.82. The number of hydrogen-bond donors (Lipinski definition) is 0. The van der Waals surface area contributed by atoms with Gasteiger partial charge in [0.15, 0.2) is 0 Å². The Bertz CT molecular complexity index is 480. The molecule has 0 aliphatic carbocycles. The molecule has 1 aromatic carbocycles. The van der Waals surface area contributed by atoms with E-state index in [9.17, 15) is 18.5 Å². The second-order valence-electron chi connectivity index (χ2n) is 3.07. The number of hydrogen-bond acceptors (Lipinski definition) is 5. The zero-order valence-corrected chi connectivity index (χ0v) is 9.47. The van der Waals surface area contributed by atoms with Gasteiger partial charge in [0, 0.05) is 26.2 Å². The van der Waals surface area contributed by atoms with Gasteiger partial charge in [-0.3, -0.25) is 10.1 Å². The lowest BCUT2D eigenvalue weighted by atomic mass is 10.3. The maximum atomic E-state index is 11.3. The highest BCUT2D eigenvalue weighted by atomic mass is 32.2. The first-order valence-corrected chi connectivity index (χ1v) is 5.56. The number of non-ortho nitro benzene ring substituents is 1. The highest BCUT2D eigenvalue weighted by molar-refractivity contribution is 7.84. The summed E-state index contributed by atoms with van der Waals surface area (Å²) in [7, 11) is -1.18. The predicted octanol–water partition coefficient (Wildman–Crippen LogP) is 0.780. The molecule has 0 aromatic heterocycles. The molecule has 0 spiro atoms. The molecule has 0 saturated heterocycles. The van der Waals surface area contributed by atoms with Gasteiger partial charge in [0.1, 0.15) is 5.75 Å². The van der Waals surface area contributed by atoms with Gasteiger partial charge in [0.2, 0.25) is 0 Å². The SMILES string of the molecule is CN(C)S(=O)(=O)Oc1ccc([N+](=O)[O-])cc1. The largest absolute Gasteiger partial charge is 0.384 e. The van der Waals surface area contributed by atoms with Crippen molar-refractivity contribution >= 4 is 16.0 Å². The minimum absolute atomic E-state index is 0.0271. The molecular formula is C8H10N2O5S. The molecule has 0 unspecified atom stereocenters. The van der Waals surface area contributed by atoms with Crippen molar-refractivity contribution in [3.8, 4) is 5.75 Å². The zero-order valence-electron chi connectivity index (χ0n) is 8.65. The smallest absolute Gasteiger partial charge is 0.371 e. The minimum Gasteiger partial charge on any atom is -0.371 e. The fourth-order valence-electron chi connectivity index (χ4n) is 0.820. The van der Waals surface area contributed by atoms with Crippen LogP contribution in [-0.2, 0) is 10.3 Å². The van der Waals surface area contributed by atoms with Crippen LogP contribution in [0.5, 0.6) is 5.75 Å². The summed E-state index contributed by atoms with van der Waals surface area (Å²) in [6.07, 6.45) is 0. The molecule has 0 atom stereocenters. The Morgan fingerprint density at radius 1 is 1.25 bits per heavy atom. The van der Waals surface area contributed by atoms with Crippen LogP contribution in [0.1, 0.15) is 0 Å². The first-order chi connectivity index (χ1) is 7.33. The molecule has 88 valence electrons. The van der Waals surface area contributed by atoms with Crippen molar-refractivity contribution in [3.05, 3.63) is 34.4 Å². The Morgan fingerprint density at radius 3 is 2.12 bits per heavy atom. The predicted molar refractivity (Wildman–Crippen MR) is 56.3 cm³/mol. The third-order valence-electron chi connectivity index (χ3n) is 1.70. The van der Waals surface area contributed by atoms with Gasteiger partial charge < -0.3 is 4.18 Å². The van der Waals surface area contributed by atoms with Crippen molar-refractivity contribution in [2.75, 3.05) is 14.1 Å². The van der Waals surface area contributed by atoms with Gasteiger partial charge in [-0.05, 0) is 12.1 Å². The van der Waals surface area contributed by atoms with Gasteiger partial charge in [-0.1, -0.05) is 0 Å². The summed E-state index contributed by atoms with van der Waals surface area (Å²) in [6, 6.07) is 4.78. The average Bonchev–Trinajstić information content (AvgIpc) is 2.17. The highest BCUT2D eigenvalue weighted by Crippen LogP contribution is 2.19. The molecule has 0 aliphatic rings. The summed E-state index contributed by atoms with van der Waals surface area (Å²) in [5.74, 6) is 0.0271. The summed E-state index contributed by atoms with van der Waals surface area (Å²) < 4.78 is 28.1. The van der Waals surface area contributed by atoms with Crippen LogP contribution >= 0.6 is 0 Å². The molecule has 0 saturated carbocycles. The van der Waals surface area contributed by atoms with E-state index in [0.717, 1.165) is 4.31 Å². The molecule has 1 aromatic rings. The molecule has 0 heterocycles. The van der Waals surface area contributed by atoms with E-state index in [1.165, 1.54) is 38.4 Å². The Labute approximate surface area is 92.7 Å². The summed E-state index contributed by atoms with van der Waals surface area (Å²) in [5, 5.41) is 10.3. The van der Waals surface area contributed by atoms with Crippen LogP contribution in [-0.4, -0.2) is 31.7 Å². The van der Waals surface area contributed by atoms with Crippen molar-refractivity contribution in [1.29, 1.82) is 0 Å². The molecule has 0 radical (unpaired) electrons. The van der Waals surface area contributed by atoms with Crippen LogP contribution in [0.3, 0.4) is 0 Å². The Kier molecular flexibility index (Phi) is 3.45. The second-order valence-corrected chi connectivity index (χ2v) is 4.83. The molecular weight excluding hydrogens is 236 g/mol. The van der Waals surface area contributed by atoms with Crippen LogP contribution in [0, 0.1) is 10.1 Å². The van der Waals surface area contributed by atoms with Crippen LogP contribution < -0.4 is 4.18 Å². The van der Waals surface area contributed by atoms with Crippen molar-refractivity contribution < 1.29 is 17.5 Å².